The lowest BCUT2D eigenvalue weighted by Crippen LogP contribution is -2.46. The Morgan fingerprint density at radius 3 is 1.62 bits per heavy atom. The van der Waals surface area contributed by atoms with Gasteiger partial charge in [-0.2, -0.15) is 14.9 Å². The maximum absolute atomic E-state index is 13.2. The molecule has 1 unspecified atom stereocenters. The maximum Gasteiger partial charge on any atom is 0.206 e. The number of anilines is 6. The lowest BCUT2D eigenvalue weighted by Gasteiger charge is -2.41. The van der Waals surface area contributed by atoms with Gasteiger partial charge >= 0.3 is 0 Å². The van der Waals surface area contributed by atoms with Gasteiger partial charge in [-0.3, -0.25) is 9.59 Å². The summed E-state index contributed by atoms with van der Waals surface area (Å²) in [6, 6.07) is 29.2. The second kappa shape index (κ2) is 29.5. The summed E-state index contributed by atoms with van der Waals surface area (Å²) in [6.45, 7) is 11.6. The molecule has 1 aromatic heterocycles. The van der Waals surface area contributed by atoms with Crippen LogP contribution in [-0.2, 0) is 0 Å². The van der Waals surface area contributed by atoms with E-state index in [9.17, 15) is 18.4 Å². The van der Waals surface area contributed by atoms with Crippen molar-refractivity contribution in [3.05, 3.63) is 125 Å². The fourth-order valence-corrected chi connectivity index (χ4v) is 11.5. The Balaban J connectivity index is 0.000000199. The first-order valence-electron chi connectivity index (χ1n) is 25.1. The van der Waals surface area contributed by atoms with Crippen molar-refractivity contribution >= 4 is 117 Å². The summed E-state index contributed by atoms with van der Waals surface area (Å²) in [4.78, 5) is 42.9. The number of Topliss-reactive ketones (excluding diaryl/α,β-unsaturated/α-hetero) is 1. The van der Waals surface area contributed by atoms with Crippen LogP contribution in [0.15, 0.2) is 102 Å². The van der Waals surface area contributed by atoms with Crippen LogP contribution in [0.25, 0.3) is 0 Å². The number of alkyl halides is 1. The monoisotopic (exact) mass is 1130 g/mol. The lowest BCUT2D eigenvalue weighted by atomic mass is 9.99. The number of hydrogen-bond acceptors (Lipinski definition) is 12. The number of carbonyl (C=O) groups is 2. The molecule has 4 fully saturated rings. The van der Waals surface area contributed by atoms with Crippen LogP contribution in [0.3, 0.4) is 0 Å². The largest absolute Gasteiger partial charge is 0.382 e. The summed E-state index contributed by atoms with van der Waals surface area (Å²) < 4.78 is 25.5. The van der Waals surface area contributed by atoms with Crippen molar-refractivity contribution < 1.29 is 18.4 Å². The number of benzene rings is 4. The molecule has 0 radical (unpaired) electrons. The average Bonchev–Trinajstić information content (AvgIpc) is 3.79. The number of nitrogens with one attached hydrogen (secondary N) is 2. The number of thiocarbonyl (C=S) groups is 1. The zero-order valence-electron chi connectivity index (χ0n) is 41.8. The molecule has 0 bridgehead atoms. The summed E-state index contributed by atoms with van der Waals surface area (Å²) in [6.07, 6.45) is 13.2. The molecule has 1 atom stereocenters. The number of likely N-dealkylation sites (tertiary alicyclic amines) is 2. The van der Waals surface area contributed by atoms with Crippen molar-refractivity contribution in [2.45, 2.75) is 83.2 Å². The third kappa shape index (κ3) is 17.5. The topological polar surface area (TPSA) is 148 Å². The number of halogens is 3. The number of thioether (sulfide) groups is 1. The van der Waals surface area contributed by atoms with E-state index >= 15 is 0 Å². The van der Waals surface area contributed by atoms with Gasteiger partial charge in [-0.15, -0.1) is 0 Å². The number of aliphatic imine (C=N–C) groups is 1. The smallest absolute Gasteiger partial charge is 0.206 e. The van der Waals surface area contributed by atoms with Crippen LogP contribution in [0.4, 0.5) is 42.5 Å². The molecule has 4 saturated heterocycles. The van der Waals surface area contributed by atoms with Crippen molar-refractivity contribution in [2.75, 3.05) is 89.6 Å². The van der Waals surface area contributed by atoms with E-state index in [0.29, 0.717) is 31.4 Å². The standard InChI is InChI=1S/C26H30FN5OS.C20H31N5S2.C8H6BrFO.H3P/c27-19-6-4-18(5-7-19)23(33)24-25(28)30-26(34-24)29-20-8-10-21(11-9-20)32-16-12-22(13-17-32)31-14-2-1-3-15-31;1-2-27-19(21)23-20(26)22-16-6-8-17(9-7-16)25-14-10-18(11-15-25)24-12-4-3-5-13-24;9-5-8(11)6-1-3-7(10)4-2-6;/h4-11,22H,1-3,12-17,28H2,(H,29,30);6-9,18H,2-5,10-15H2,1H3,(H3,21,22,23,26);1-4H,5H2;1H3. The minimum atomic E-state index is -0.383. The molecule has 0 spiro atoms. The number of nitrogen functional groups attached to an aromatic ring is 1. The highest BCUT2D eigenvalue weighted by molar-refractivity contribution is 9.09. The van der Waals surface area contributed by atoms with E-state index in [2.05, 4.69) is 92.5 Å². The van der Waals surface area contributed by atoms with E-state index in [1.807, 2.05) is 19.1 Å². The van der Waals surface area contributed by atoms with Gasteiger partial charge in [-0.1, -0.05) is 58.8 Å². The number of thiazole rings is 1. The molecule has 12 nitrogen and oxygen atoms in total. The lowest BCUT2D eigenvalue weighted by molar-refractivity contribution is 0.102. The van der Waals surface area contributed by atoms with Crippen molar-refractivity contribution in [2.24, 2.45) is 10.7 Å². The van der Waals surface area contributed by atoms with Crippen molar-refractivity contribution in [1.29, 1.82) is 0 Å². The third-order valence-electron chi connectivity index (χ3n) is 13.5. The van der Waals surface area contributed by atoms with Crippen LogP contribution < -0.4 is 31.9 Å². The maximum atomic E-state index is 13.2. The van der Waals surface area contributed by atoms with Crippen molar-refractivity contribution in [3.63, 3.8) is 0 Å². The van der Waals surface area contributed by atoms with E-state index in [1.54, 1.807) is 0 Å². The van der Waals surface area contributed by atoms with Gasteiger partial charge in [0.05, 0.1) is 5.33 Å². The first-order chi connectivity index (χ1) is 35.0. The molecular formula is C54H70BrF2N10O2PS3. The molecule has 4 aromatic carbocycles. The summed E-state index contributed by atoms with van der Waals surface area (Å²) in [5.74, 6) is 0.0645. The number of carbonyl (C=O) groups excluding carboxylic acids is 2. The Hall–Kier alpha value is -4.55. The van der Waals surface area contributed by atoms with Crippen LogP contribution in [0, 0.1) is 11.6 Å². The Morgan fingerprint density at radius 2 is 1.16 bits per heavy atom. The number of hydrogen-bond donors (Lipinski definition) is 4. The Morgan fingerprint density at radius 1 is 0.712 bits per heavy atom. The normalized spacial score (nSPS) is 17.0. The summed E-state index contributed by atoms with van der Waals surface area (Å²) in [5.41, 5.74) is 17.1. The van der Waals surface area contributed by atoms with Gasteiger partial charge in [0.2, 0.25) is 5.78 Å². The van der Waals surface area contributed by atoms with Gasteiger partial charge in [-0.05, 0) is 193 Å². The molecule has 73 heavy (non-hydrogen) atoms. The van der Waals surface area contributed by atoms with Gasteiger partial charge in [0.1, 0.15) is 22.3 Å². The Bertz CT molecular complexity index is 2530. The number of amidine groups is 1. The minimum absolute atomic E-state index is 0. The fourth-order valence-electron chi connectivity index (χ4n) is 9.61. The highest BCUT2D eigenvalue weighted by Crippen LogP contribution is 2.32. The zero-order chi connectivity index (χ0) is 50.8. The van der Waals surface area contributed by atoms with E-state index in [0.717, 1.165) is 55.4 Å². The van der Waals surface area contributed by atoms with E-state index < -0.39 is 0 Å². The zero-order valence-corrected chi connectivity index (χ0v) is 47.2. The molecule has 6 N–H and O–H groups in total. The highest BCUT2D eigenvalue weighted by atomic mass is 79.9. The molecule has 5 heterocycles. The van der Waals surface area contributed by atoms with E-state index in [-0.39, 0.29) is 44.2 Å². The van der Waals surface area contributed by atoms with E-state index in [4.69, 9.17) is 23.7 Å². The van der Waals surface area contributed by atoms with Crippen LogP contribution in [0.5, 0.6) is 0 Å². The molecule has 392 valence electrons. The van der Waals surface area contributed by atoms with Crippen LogP contribution in [0.1, 0.15) is 96.7 Å². The SMILES string of the molecule is CCSC(N)=NC(=S)Nc1ccc(N2CCC(N3CCCCC3)CC2)cc1.Nc1nc(Nc2ccc(N3CCC(N4CCCCC4)CC3)cc2)sc1C(=O)c1ccc(F)cc1.O=C(CBr)c1ccc(F)cc1.P. The average molecular weight is 1140 g/mol. The van der Waals surface area contributed by atoms with Crippen LogP contribution in [-0.4, -0.2) is 112 Å². The third-order valence-corrected chi connectivity index (χ3v) is 15.8. The van der Waals surface area contributed by atoms with Crippen molar-refractivity contribution in [3.8, 4) is 0 Å². The summed E-state index contributed by atoms with van der Waals surface area (Å²) in [7, 11) is 0. The molecule has 4 aliphatic rings. The highest BCUT2D eigenvalue weighted by Gasteiger charge is 2.27. The molecular weight excluding hydrogens is 1070 g/mol. The molecule has 5 aromatic rings. The molecule has 0 saturated carbocycles. The molecule has 4 aliphatic heterocycles. The minimum Gasteiger partial charge on any atom is -0.382 e. The van der Waals surface area contributed by atoms with Crippen LogP contribution >= 0.6 is 61.1 Å². The Labute approximate surface area is 455 Å². The van der Waals surface area contributed by atoms with Crippen molar-refractivity contribution in [1.82, 2.24) is 14.8 Å². The van der Waals surface area contributed by atoms with Gasteiger partial charge in [0.15, 0.2) is 21.2 Å². The number of aromatic nitrogens is 1. The van der Waals surface area contributed by atoms with Gasteiger partial charge in [0.25, 0.3) is 0 Å². The summed E-state index contributed by atoms with van der Waals surface area (Å²) >= 11 is 11.0. The second-order valence-electron chi connectivity index (χ2n) is 18.3. The quantitative estimate of drug-likeness (QED) is 0.0235. The van der Waals surface area contributed by atoms with Gasteiger partial charge < -0.3 is 41.7 Å². The first kappa shape index (κ1) is 57.7. The molecule has 0 amide bonds. The fraction of sp³-hybridized carbons (Fsp3) is 0.426. The second-order valence-corrected chi connectivity index (χ2v) is 21.5. The number of nitrogens with two attached hydrogens (primary N) is 2. The van der Waals surface area contributed by atoms with Crippen LogP contribution in [0.2, 0.25) is 0 Å². The number of nitrogens with zero attached hydrogens (tertiary/aromatic N) is 6. The Kier molecular flexibility index (Phi) is 23.3. The molecule has 9 rings (SSSR count). The number of piperidine rings is 4. The molecule has 19 heteroatoms. The predicted octanol–water partition coefficient (Wildman–Crippen LogP) is 11.7. The molecule has 0 aliphatic carbocycles. The van der Waals surface area contributed by atoms with E-state index in [1.165, 1.54) is 173 Å². The summed E-state index contributed by atoms with van der Waals surface area (Å²) in [5, 5.41) is 8.13. The van der Waals surface area contributed by atoms with Gasteiger partial charge in [0, 0.05) is 72.1 Å². The van der Waals surface area contributed by atoms with Gasteiger partial charge in [-0.25, -0.2) is 13.8 Å². The predicted molar refractivity (Wildman–Crippen MR) is 315 cm³/mol. The number of ketones is 2. The first-order valence-corrected chi connectivity index (χ1v) is 28.4. The number of rotatable bonds is 12.